The number of amides is 1. The van der Waals surface area contributed by atoms with Gasteiger partial charge in [0.2, 0.25) is 6.79 Å². The predicted molar refractivity (Wildman–Crippen MR) is 139 cm³/mol. The Morgan fingerprint density at radius 1 is 0.889 bits per heavy atom. The summed E-state index contributed by atoms with van der Waals surface area (Å²) in [5, 5.41) is 0. The number of hydrogen-bond acceptors (Lipinski definition) is 4. The minimum absolute atomic E-state index is 0.0622. The molecule has 0 bridgehead atoms. The maximum atomic E-state index is 13.8. The summed E-state index contributed by atoms with van der Waals surface area (Å²) in [6.45, 7) is 2.95. The fourth-order valence-electron chi connectivity index (χ4n) is 4.63. The molecule has 0 aliphatic carbocycles. The molecule has 6 rings (SSSR count). The third-order valence-corrected chi connectivity index (χ3v) is 6.41. The van der Waals surface area contributed by atoms with Crippen molar-refractivity contribution < 1.29 is 14.3 Å². The van der Waals surface area contributed by atoms with Gasteiger partial charge in [-0.2, -0.15) is 0 Å². The highest BCUT2D eigenvalue weighted by atomic mass is 16.7. The number of carbonyl (C=O) groups is 1. The smallest absolute Gasteiger partial charge is 0.254 e. The first-order chi connectivity index (χ1) is 17.6. The van der Waals surface area contributed by atoms with Crippen molar-refractivity contribution in [1.29, 1.82) is 0 Å². The fourth-order valence-corrected chi connectivity index (χ4v) is 4.63. The SMILES string of the molecule is Cc1nc2ccc(C(=O)N(Cc3ccc(-c4ccccc4)cc3)Cc3cccc4c3OCO4)cc2[nH]1. The zero-order valence-corrected chi connectivity index (χ0v) is 19.9. The van der Waals surface area contributed by atoms with Gasteiger partial charge in [-0.25, -0.2) is 4.98 Å². The van der Waals surface area contributed by atoms with E-state index >= 15 is 0 Å². The topological polar surface area (TPSA) is 67.5 Å². The zero-order valence-electron chi connectivity index (χ0n) is 19.9. The Bertz CT molecular complexity index is 1540. The van der Waals surface area contributed by atoms with Crippen molar-refractivity contribution in [2.24, 2.45) is 0 Å². The van der Waals surface area contributed by atoms with E-state index in [1.165, 1.54) is 0 Å². The Balaban J connectivity index is 1.32. The number of imidazole rings is 1. The van der Waals surface area contributed by atoms with Gasteiger partial charge in [0.15, 0.2) is 11.5 Å². The molecule has 0 saturated heterocycles. The zero-order chi connectivity index (χ0) is 24.5. The van der Waals surface area contributed by atoms with E-state index in [-0.39, 0.29) is 12.7 Å². The number of ether oxygens (including phenoxy) is 2. The largest absolute Gasteiger partial charge is 0.454 e. The van der Waals surface area contributed by atoms with Crippen molar-refractivity contribution in [3.63, 3.8) is 0 Å². The maximum absolute atomic E-state index is 13.8. The Hall–Kier alpha value is -4.58. The highest BCUT2D eigenvalue weighted by Gasteiger charge is 2.23. The lowest BCUT2D eigenvalue weighted by Gasteiger charge is -2.24. The first kappa shape index (κ1) is 21.9. The van der Waals surface area contributed by atoms with Crippen LogP contribution in [0.2, 0.25) is 0 Å². The summed E-state index contributed by atoms with van der Waals surface area (Å²) in [7, 11) is 0. The van der Waals surface area contributed by atoms with E-state index in [0.29, 0.717) is 30.2 Å². The summed E-state index contributed by atoms with van der Waals surface area (Å²) in [6, 6.07) is 30.0. The maximum Gasteiger partial charge on any atom is 0.254 e. The predicted octanol–water partition coefficient (Wildman–Crippen LogP) is 6.11. The molecule has 0 fully saturated rings. The van der Waals surface area contributed by atoms with Gasteiger partial charge >= 0.3 is 0 Å². The highest BCUT2D eigenvalue weighted by Crippen LogP contribution is 2.36. The number of benzene rings is 4. The normalized spacial score (nSPS) is 12.1. The number of H-pyrrole nitrogens is 1. The quantitative estimate of drug-likeness (QED) is 0.322. The Labute approximate surface area is 209 Å². The number of aromatic nitrogens is 2. The first-order valence-corrected chi connectivity index (χ1v) is 11.9. The number of aromatic amines is 1. The van der Waals surface area contributed by atoms with Crippen LogP contribution in [0.15, 0.2) is 91.0 Å². The van der Waals surface area contributed by atoms with Crippen LogP contribution >= 0.6 is 0 Å². The van der Waals surface area contributed by atoms with E-state index in [1.54, 1.807) is 0 Å². The Morgan fingerprint density at radius 2 is 1.69 bits per heavy atom. The van der Waals surface area contributed by atoms with Crippen molar-refractivity contribution >= 4 is 16.9 Å². The van der Waals surface area contributed by atoms with Crippen LogP contribution in [0.1, 0.15) is 27.3 Å². The second-order valence-corrected chi connectivity index (χ2v) is 8.93. The van der Waals surface area contributed by atoms with Gasteiger partial charge < -0.3 is 19.4 Å². The molecule has 4 aromatic carbocycles. The van der Waals surface area contributed by atoms with Crippen LogP contribution in [0.25, 0.3) is 22.2 Å². The number of nitrogens with one attached hydrogen (secondary N) is 1. The second-order valence-electron chi connectivity index (χ2n) is 8.93. The minimum Gasteiger partial charge on any atom is -0.454 e. The van der Waals surface area contributed by atoms with E-state index in [1.807, 2.05) is 66.4 Å². The molecule has 1 amide bonds. The van der Waals surface area contributed by atoms with Crippen LogP contribution in [0.3, 0.4) is 0 Å². The van der Waals surface area contributed by atoms with Crippen LogP contribution in [0, 0.1) is 6.92 Å². The monoisotopic (exact) mass is 475 g/mol. The fraction of sp³-hybridized carbons (Fsp3) is 0.133. The van der Waals surface area contributed by atoms with Gasteiger partial charge in [-0.3, -0.25) is 4.79 Å². The van der Waals surface area contributed by atoms with Gasteiger partial charge in [-0.15, -0.1) is 0 Å². The number of aryl methyl sites for hydroxylation is 1. The molecule has 1 aromatic heterocycles. The van der Waals surface area contributed by atoms with Crippen LogP contribution in [0.4, 0.5) is 0 Å². The number of fused-ring (bicyclic) bond motifs is 2. The lowest BCUT2D eigenvalue weighted by Crippen LogP contribution is -2.30. The third kappa shape index (κ3) is 4.29. The molecule has 1 N–H and O–H groups in total. The summed E-state index contributed by atoms with van der Waals surface area (Å²) in [4.78, 5) is 23.3. The molecule has 6 nitrogen and oxygen atoms in total. The minimum atomic E-state index is -0.0622. The summed E-state index contributed by atoms with van der Waals surface area (Å²) in [5.41, 5.74) is 6.57. The summed E-state index contributed by atoms with van der Waals surface area (Å²) >= 11 is 0. The van der Waals surface area contributed by atoms with E-state index in [9.17, 15) is 4.79 Å². The standard InChI is InChI=1S/C30H25N3O3/c1-20-31-26-15-14-24(16-27(26)32-20)30(34)33(18-25-8-5-9-28-29(25)36-19-35-28)17-21-10-12-23(13-11-21)22-6-3-2-4-7-22/h2-16H,17-19H2,1H3,(H,31,32). The highest BCUT2D eigenvalue weighted by molar-refractivity contribution is 5.97. The van der Waals surface area contributed by atoms with Crippen LogP contribution in [-0.4, -0.2) is 27.6 Å². The lowest BCUT2D eigenvalue weighted by atomic mass is 10.0. The molecule has 0 spiro atoms. The van der Waals surface area contributed by atoms with Crippen LogP contribution in [-0.2, 0) is 13.1 Å². The van der Waals surface area contributed by atoms with Crippen LogP contribution in [0.5, 0.6) is 11.5 Å². The lowest BCUT2D eigenvalue weighted by molar-refractivity contribution is 0.0728. The summed E-state index contributed by atoms with van der Waals surface area (Å²) in [5.74, 6) is 2.17. The summed E-state index contributed by atoms with van der Waals surface area (Å²) in [6.07, 6.45) is 0. The van der Waals surface area contributed by atoms with Gasteiger partial charge in [0.25, 0.3) is 5.91 Å². The third-order valence-electron chi connectivity index (χ3n) is 6.41. The second kappa shape index (κ2) is 9.23. The van der Waals surface area contributed by atoms with Gasteiger partial charge in [-0.1, -0.05) is 66.7 Å². The number of nitrogens with zero attached hydrogens (tertiary/aromatic N) is 2. The van der Waals surface area contributed by atoms with Crippen molar-refractivity contribution in [3.05, 3.63) is 114 Å². The van der Waals surface area contributed by atoms with Crippen molar-refractivity contribution in [2.75, 3.05) is 6.79 Å². The van der Waals surface area contributed by atoms with Gasteiger partial charge in [0, 0.05) is 17.7 Å². The number of para-hydroxylation sites is 1. The van der Waals surface area contributed by atoms with Crippen molar-refractivity contribution in [3.8, 4) is 22.6 Å². The summed E-state index contributed by atoms with van der Waals surface area (Å²) < 4.78 is 11.3. The van der Waals surface area contributed by atoms with Crippen molar-refractivity contribution in [1.82, 2.24) is 14.9 Å². The number of carbonyl (C=O) groups excluding carboxylic acids is 1. The van der Waals surface area contributed by atoms with Crippen molar-refractivity contribution in [2.45, 2.75) is 20.0 Å². The van der Waals surface area contributed by atoms with E-state index < -0.39 is 0 Å². The molecule has 1 aliphatic heterocycles. The number of hydrogen-bond donors (Lipinski definition) is 1. The van der Waals surface area contributed by atoms with E-state index in [0.717, 1.165) is 39.1 Å². The van der Waals surface area contributed by atoms with Gasteiger partial charge in [0.1, 0.15) is 5.82 Å². The molecule has 36 heavy (non-hydrogen) atoms. The van der Waals surface area contributed by atoms with Gasteiger partial charge in [-0.05, 0) is 47.9 Å². The molecular formula is C30H25N3O3. The Kier molecular flexibility index (Phi) is 5.62. The molecule has 178 valence electrons. The molecule has 0 radical (unpaired) electrons. The molecule has 0 saturated carbocycles. The van der Waals surface area contributed by atoms with Gasteiger partial charge in [0.05, 0.1) is 17.6 Å². The molecular weight excluding hydrogens is 450 g/mol. The average molecular weight is 476 g/mol. The molecule has 2 heterocycles. The first-order valence-electron chi connectivity index (χ1n) is 11.9. The average Bonchev–Trinajstić information content (AvgIpc) is 3.54. The molecule has 6 heteroatoms. The molecule has 1 aliphatic rings. The van der Waals surface area contributed by atoms with Crippen LogP contribution < -0.4 is 9.47 Å². The Morgan fingerprint density at radius 3 is 2.53 bits per heavy atom. The molecule has 5 aromatic rings. The molecule has 0 atom stereocenters. The molecule has 0 unspecified atom stereocenters. The van der Waals surface area contributed by atoms with E-state index in [4.69, 9.17) is 9.47 Å². The van der Waals surface area contributed by atoms with E-state index in [2.05, 4.69) is 46.4 Å². The number of rotatable bonds is 6.